The smallest absolute Gasteiger partial charge is 0.243 e. The predicted molar refractivity (Wildman–Crippen MR) is 159 cm³/mol. The minimum absolute atomic E-state index is 0.0301. The van der Waals surface area contributed by atoms with E-state index in [-0.39, 0.29) is 17.9 Å². The SMILES string of the molecule is CC[C@H](C)NC(=O)[C@H](Cc1ccccc1)N(Cc1ccc(Br)cc1)C(=O)CSCc1cc(C)cc(C)c1. The van der Waals surface area contributed by atoms with Gasteiger partial charge in [-0.3, -0.25) is 9.59 Å². The van der Waals surface area contributed by atoms with Gasteiger partial charge in [0.2, 0.25) is 11.8 Å². The van der Waals surface area contributed by atoms with Crippen molar-refractivity contribution in [2.45, 2.75) is 64.9 Å². The summed E-state index contributed by atoms with van der Waals surface area (Å²) in [6.45, 7) is 8.61. The first-order valence-corrected chi connectivity index (χ1v) is 14.7. The van der Waals surface area contributed by atoms with E-state index in [2.05, 4.69) is 53.3 Å². The number of nitrogens with one attached hydrogen (secondary N) is 1. The maximum Gasteiger partial charge on any atom is 0.243 e. The van der Waals surface area contributed by atoms with Crippen molar-refractivity contribution in [3.05, 3.63) is 105 Å². The number of benzene rings is 3. The summed E-state index contributed by atoms with van der Waals surface area (Å²) in [4.78, 5) is 29.1. The third-order valence-corrected chi connectivity index (χ3v) is 7.83. The zero-order valence-electron chi connectivity index (χ0n) is 22.2. The van der Waals surface area contributed by atoms with Crippen molar-refractivity contribution in [2.24, 2.45) is 0 Å². The van der Waals surface area contributed by atoms with Gasteiger partial charge in [-0.1, -0.05) is 94.6 Å². The largest absolute Gasteiger partial charge is 0.352 e. The number of carbonyl (C=O) groups excluding carboxylic acids is 2. The Hall–Kier alpha value is -2.57. The molecule has 37 heavy (non-hydrogen) atoms. The van der Waals surface area contributed by atoms with Crippen LogP contribution in [0.25, 0.3) is 0 Å². The Morgan fingerprint density at radius 2 is 1.57 bits per heavy atom. The minimum atomic E-state index is -0.602. The molecule has 2 amide bonds. The van der Waals surface area contributed by atoms with Crippen LogP contribution in [0.3, 0.4) is 0 Å². The molecule has 3 aromatic carbocycles. The summed E-state index contributed by atoms with van der Waals surface area (Å²) in [5.41, 5.74) is 5.69. The molecule has 0 aromatic heterocycles. The van der Waals surface area contributed by atoms with Crippen LogP contribution in [0, 0.1) is 13.8 Å². The second-order valence-electron chi connectivity index (χ2n) is 9.66. The monoisotopic (exact) mass is 580 g/mol. The normalized spacial score (nSPS) is 12.6. The number of aryl methyl sites for hydroxylation is 2. The second-order valence-corrected chi connectivity index (χ2v) is 11.6. The van der Waals surface area contributed by atoms with Gasteiger partial charge in [0.05, 0.1) is 5.75 Å². The molecule has 0 fully saturated rings. The Labute approximate surface area is 234 Å². The molecule has 0 aliphatic rings. The van der Waals surface area contributed by atoms with E-state index in [1.165, 1.54) is 16.7 Å². The molecule has 196 valence electrons. The van der Waals surface area contributed by atoms with E-state index in [0.717, 1.165) is 27.8 Å². The van der Waals surface area contributed by atoms with Gasteiger partial charge >= 0.3 is 0 Å². The van der Waals surface area contributed by atoms with Crippen LogP contribution in [-0.2, 0) is 28.3 Å². The van der Waals surface area contributed by atoms with Crippen molar-refractivity contribution in [1.29, 1.82) is 0 Å². The third kappa shape index (κ3) is 9.35. The number of carbonyl (C=O) groups is 2. The molecule has 3 rings (SSSR count). The Bertz CT molecular complexity index is 1150. The van der Waals surface area contributed by atoms with Gasteiger partial charge in [0, 0.05) is 29.2 Å². The maximum absolute atomic E-state index is 13.7. The van der Waals surface area contributed by atoms with Crippen LogP contribution in [-0.4, -0.2) is 34.6 Å². The summed E-state index contributed by atoms with van der Waals surface area (Å²) < 4.78 is 0.980. The Balaban J connectivity index is 1.85. The van der Waals surface area contributed by atoms with Gasteiger partial charge in [-0.15, -0.1) is 11.8 Å². The Morgan fingerprint density at radius 1 is 0.919 bits per heavy atom. The van der Waals surface area contributed by atoms with E-state index < -0.39 is 6.04 Å². The molecule has 1 N–H and O–H groups in total. The van der Waals surface area contributed by atoms with Crippen molar-refractivity contribution in [3.8, 4) is 0 Å². The minimum Gasteiger partial charge on any atom is -0.352 e. The average Bonchev–Trinajstić information content (AvgIpc) is 2.87. The molecule has 0 unspecified atom stereocenters. The molecule has 4 nitrogen and oxygen atoms in total. The maximum atomic E-state index is 13.7. The summed E-state index contributed by atoms with van der Waals surface area (Å²) >= 11 is 5.09. The van der Waals surface area contributed by atoms with Crippen LogP contribution in [0.15, 0.2) is 77.3 Å². The highest BCUT2D eigenvalue weighted by atomic mass is 79.9. The summed E-state index contributed by atoms with van der Waals surface area (Å²) in [6, 6.07) is 23.8. The lowest BCUT2D eigenvalue weighted by molar-refractivity contribution is -0.139. The molecular weight excluding hydrogens is 544 g/mol. The summed E-state index contributed by atoms with van der Waals surface area (Å²) in [7, 11) is 0. The van der Waals surface area contributed by atoms with Crippen molar-refractivity contribution in [2.75, 3.05) is 5.75 Å². The van der Waals surface area contributed by atoms with Crippen molar-refractivity contribution in [1.82, 2.24) is 10.2 Å². The molecule has 0 bridgehead atoms. The quantitative estimate of drug-likeness (QED) is 0.255. The highest BCUT2D eigenvalue weighted by molar-refractivity contribution is 9.10. The van der Waals surface area contributed by atoms with E-state index in [9.17, 15) is 9.59 Å². The molecule has 6 heteroatoms. The van der Waals surface area contributed by atoms with Gasteiger partial charge in [0.1, 0.15) is 6.04 Å². The van der Waals surface area contributed by atoms with Gasteiger partial charge in [-0.25, -0.2) is 0 Å². The Morgan fingerprint density at radius 3 is 2.19 bits per heavy atom. The molecule has 0 heterocycles. The summed E-state index contributed by atoms with van der Waals surface area (Å²) in [5.74, 6) is 0.925. The van der Waals surface area contributed by atoms with Crippen LogP contribution >= 0.6 is 27.7 Å². The topological polar surface area (TPSA) is 49.4 Å². The van der Waals surface area contributed by atoms with E-state index in [1.54, 1.807) is 16.7 Å². The van der Waals surface area contributed by atoms with E-state index >= 15 is 0 Å². The van der Waals surface area contributed by atoms with E-state index in [4.69, 9.17) is 0 Å². The van der Waals surface area contributed by atoms with E-state index in [1.807, 2.05) is 68.4 Å². The summed E-state index contributed by atoms with van der Waals surface area (Å²) in [5, 5.41) is 3.13. The molecule has 0 aliphatic carbocycles. The second kappa shape index (κ2) is 14.4. The molecule has 2 atom stereocenters. The fourth-order valence-corrected chi connectivity index (χ4v) is 5.38. The Kier molecular flexibility index (Phi) is 11.3. The first-order valence-electron chi connectivity index (χ1n) is 12.8. The molecular formula is C31H37BrN2O2S. The molecule has 0 aliphatic heterocycles. The van der Waals surface area contributed by atoms with Crippen LogP contribution in [0.5, 0.6) is 0 Å². The zero-order chi connectivity index (χ0) is 26.8. The zero-order valence-corrected chi connectivity index (χ0v) is 24.6. The molecule has 0 saturated carbocycles. The van der Waals surface area contributed by atoms with Gasteiger partial charge in [-0.05, 0) is 56.0 Å². The number of amides is 2. The number of hydrogen-bond acceptors (Lipinski definition) is 3. The lowest BCUT2D eigenvalue weighted by Crippen LogP contribution is -2.52. The van der Waals surface area contributed by atoms with Crippen molar-refractivity contribution < 1.29 is 9.59 Å². The van der Waals surface area contributed by atoms with Gasteiger partial charge in [-0.2, -0.15) is 0 Å². The third-order valence-electron chi connectivity index (χ3n) is 6.31. The number of nitrogens with zero attached hydrogens (tertiary/aromatic N) is 1. The van der Waals surface area contributed by atoms with Gasteiger partial charge < -0.3 is 10.2 Å². The van der Waals surface area contributed by atoms with Crippen LogP contribution in [0.4, 0.5) is 0 Å². The first kappa shape index (κ1) is 29.0. The summed E-state index contributed by atoms with van der Waals surface area (Å²) in [6.07, 6.45) is 1.29. The number of thioether (sulfide) groups is 1. The lowest BCUT2D eigenvalue weighted by Gasteiger charge is -2.32. The standard InChI is InChI=1S/C31H37BrN2O2S/c1-5-24(4)33-31(36)29(18-25-9-7-6-8-10-25)34(19-26-11-13-28(32)14-12-26)30(35)21-37-20-27-16-22(2)15-23(3)17-27/h6-17,24,29H,5,18-21H2,1-4H3,(H,33,36)/t24-,29-/m0/s1. The molecule has 3 aromatic rings. The van der Waals surface area contributed by atoms with Crippen LogP contribution < -0.4 is 5.32 Å². The fourth-order valence-electron chi connectivity index (χ4n) is 4.27. The highest BCUT2D eigenvalue weighted by Crippen LogP contribution is 2.21. The van der Waals surface area contributed by atoms with E-state index in [0.29, 0.717) is 18.7 Å². The number of halogens is 1. The average molecular weight is 582 g/mol. The van der Waals surface area contributed by atoms with Crippen LogP contribution in [0.1, 0.15) is 48.1 Å². The lowest BCUT2D eigenvalue weighted by atomic mass is 10.0. The number of rotatable bonds is 12. The molecule has 0 spiro atoms. The number of hydrogen-bond donors (Lipinski definition) is 1. The molecule has 0 radical (unpaired) electrons. The van der Waals surface area contributed by atoms with Crippen LogP contribution in [0.2, 0.25) is 0 Å². The molecule has 0 saturated heterocycles. The van der Waals surface area contributed by atoms with Gasteiger partial charge in [0.25, 0.3) is 0 Å². The fraction of sp³-hybridized carbons (Fsp3) is 0.355. The first-order chi connectivity index (χ1) is 17.7. The van der Waals surface area contributed by atoms with Gasteiger partial charge in [0.15, 0.2) is 0 Å². The van der Waals surface area contributed by atoms with Crippen molar-refractivity contribution >= 4 is 39.5 Å². The predicted octanol–water partition coefficient (Wildman–Crippen LogP) is 6.85. The van der Waals surface area contributed by atoms with Crippen molar-refractivity contribution in [3.63, 3.8) is 0 Å². The highest BCUT2D eigenvalue weighted by Gasteiger charge is 2.30.